The molecule has 19 heavy (non-hydrogen) atoms. The standard InChI is InChI=1S/C15H22N4/c1-3-14-17-15(4-2)19(18-14)10-6-8-12-7-5-9-13(16)11-12/h5,7,9,11H,3-4,6,8,10,16H2,1-2H3. The fourth-order valence-corrected chi connectivity index (χ4v) is 2.20. The van der Waals surface area contributed by atoms with Crippen LogP contribution < -0.4 is 5.73 Å². The Kier molecular flexibility index (Phi) is 4.55. The summed E-state index contributed by atoms with van der Waals surface area (Å²) in [6.07, 6.45) is 3.92. The van der Waals surface area contributed by atoms with Gasteiger partial charge >= 0.3 is 0 Å². The van der Waals surface area contributed by atoms with Crippen molar-refractivity contribution in [2.24, 2.45) is 0 Å². The zero-order valence-electron chi connectivity index (χ0n) is 11.8. The normalized spacial score (nSPS) is 10.8. The minimum absolute atomic E-state index is 0.834. The molecule has 2 N–H and O–H groups in total. The van der Waals surface area contributed by atoms with Gasteiger partial charge in [-0.1, -0.05) is 26.0 Å². The maximum absolute atomic E-state index is 5.78. The molecular formula is C15H22N4. The van der Waals surface area contributed by atoms with Crippen molar-refractivity contribution in [1.29, 1.82) is 0 Å². The van der Waals surface area contributed by atoms with E-state index in [9.17, 15) is 0 Å². The lowest BCUT2D eigenvalue weighted by Crippen LogP contribution is -2.06. The monoisotopic (exact) mass is 258 g/mol. The van der Waals surface area contributed by atoms with Crippen LogP contribution in [-0.2, 0) is 25.8 Å². The van der Waals surface area contributed by atoms with E-state index in [-0.39, 0.29) is 0 Å². The molecule has 4 nitrogen and oxygen atoms in total. The van der Waals surface area contributed by atoms with Crippen molar-refractivity contribution < 1.29 is 0 Å². The molecule has 0 aliphatic heterocycles. The number of nitrogens with two attached hydrogens (primary N) is 1. The van der Waals surface area contributed by atoms with Crippen LogP contribution >= 0.6 is 0 Å². The molecule has 0 amide bonds. The van der Waals surface area contributed by atoms with E-state index in [2.05, 4.69) is 30.0 Å². The van der Waals surface area contributed by atoms with Crippen molar-refractivity contribution >= 4 is 5.69 Å². The number of aromatic nitrogens is 3. The molecule has 0 spiro atoms. The molecule has 0 atom stereocenters. The van der Waals surface area contributed by atoms with E-state index < -0.39 is 0 Å². The van der Waals surface area contributed by atoms with Crippen LogP contribution in [0, 0.1) is 0 Å². The zero-order chi connectivity index (χ0) is 13.7. The number of benzene rings is 1. The van der Waals surface area contributed by atoms with E-state index >= 15 is 0 Å². The highest BCUT2D eigenvalue weighted by Crippen LogP contribution is 2.10. The molecule has 1 heterocycles. The summed E-state index contributed by atoms with van der Waals surface area (Å²) in [6.45, 7) is 5.13. The molecule has 4 heteroatoms. The first-order chi connectivity index (χ1) is 9.22. The summed E-state index contributed by atoms with van der Waals surface area (Å²) in [6, 6.07) is 8.09. The average Bonchev–Trinajstić information content (AvgIpc) is 2.81. The Morgan fingerprint density at radius 1 is 1.21 bits per heavy atom. The number of nitrogen functional groups attached to an aromatic ring is 1. The smallest absolute Gasteiger partial charge is 0.150 e. The highest BCUT2D eigenvalue weighted by molar-refractivity contribution is 5.40. The largest absolute Gasteiger partial charge is 0.399 e. The molecule has 0 saturated carbocycles. The van der Waals surface area contributed by atoms with Gasteiger partial charge in [-0.15, -0.1) is 0 Å². The summed E-state index contributed by atoms with van der Waals surface area (Å²) < 4.78 is 2.05. The van der Waals surface area contributed by atoms with Gasteiger partial charge < -0.3 is 5.73 Å². The van der Waals surface area contributed by atoms with Crippen LogP contribution in [0.1, 0.15) is 37.5 Å². The van der Waals surface area contributed by atoms with Gasteiger partial charge in [0, 0.05) is 25.1 Å². The van der Waals surface area contributed by atoms with Crippen LogP contribution in [0.3, 0.4) is 0 Å². The fourth-order valence-electron chi connectivity index (χ4n) is 2.20. The van der Waals surface area contributed by atoms with Crippen LogP contribution in [0.2, 0.25) is 0 Å². The third-order valence-corrected chi connectivity index (χ3v) is 3.21. The van der Waals surface area contributed by atoms with Gasteiger partial charge in [0.25, 0.3) is 0 Å². The van der Waals surface area contributed by atoms with Crippen molar-refractivity contribution in [3.63, 3.8) is 0 Å². The van der Waals surface area contributed by atoms with Gasteiger partial charge in [-0.25, -0.2) is 9.67 Å². The second-order valence-electron chi connectivity index (χ2n) is 4.72. The SMILES string of the molecule is CCc1nc(CC)n(CCCc2cccc(N)c2)n1. The van der Waals surface area contributed by atoms with Crippen LogP contribution in [0.15, 0.2) is 24.3 Å². The van der Waals surface area contributed by atoms with Gasteiger partial charge in [0.05, 0.1) is 0 Å². The summed E-state index contributed by atoms with van der Waals surface area (Å²) in [5.74, 6) is 2.03. The molecule has 2 rings (SSSR count). The molecule has 0 radical (unpaired) electrons. The molecule has 1 aromatic carbocycles. The van der Waals surface area contributed by atoms with Crippen molar-refractivity contribution in [3.8, 4) is 0 Å². The Hall–Kier alpha value is -1.84. The lowest BCUT2D eigenvalue weighted by atomic mass is 10.1. The number of anilines is 1. The van der Waals surface area contributed by atoms with E-state index in [4.69, 9.17) is 5.73 Å². The second-order valence-corrected chi connectivity index (χ2v) is 4.72. The van der Waals surface area contributed by atoms with Crippen LogP contribution in [0.4, 0.5) is 5.69 Å². The highest BCUT2D eigenvalue weighted by atomic mass is 15.3. The summed E-state index contributed by atoms with van der Waals surface area (Å²) in [4.78, 5) is 4.52. The number of hydrogen-bond donors (Lipinski definition) is 1. The van der Waals surface area contributed by atoms with E-state index in [1.54, 1.807) is 0 Å². The van der Waals surface area contributed by atoms with Gasteiger partial charge in [-0.3, -0.25) is 0 Å². The van der Waals surface area contributed by atoms with E-state index in [1.807, 2.05) is 22.9 Å². The van der Waals surface area contributed by atoms with Crippen molar-refractivity contribution in [2.45, 2.75) is 46.1 Å². The van der Waals surface area contributed by atoms with Gasteiger partial charge in [0.1, 0.15) is 5.82 Å². The first kappa shape index (κ1) is 13.6. The average molecular weight is 258 g/mol. The lowest BCUT2D eigenvalue weighted by molar-refractivity contribution is 0.549. The Balaban J connectivity index is 1.93. The number of aryl methyl sites for hydroxylation is 4. The fraction of sp³-hybridized carbons (Fsp3) is 0.467. The Labute approximate surface area is 114 Å². The van der Waals surface area contributed by atoms with Crippen molar-refractivity contribution in [1.82, 2.24) is 14.8 Å². The van der Waals surface area contributed by atoms with Gasteiger partial charge in [-0.05, 0) is 30.5 Å². The Bertz CT molecular complexity index is 531. The zero-order valence-corrected chi connectivity index (χ0v) is 11.8. The molecule has 1 aromatic heterocycles. The number of hydrogen-bond acceptors (Lipinski definition) is 3. The predicted molar refractivity (Wildman–Crippen MR) is 78.0 cm³/mol. The van der Waals surface area contributed by atoms with Gasteiger partial charge in [0.15, 0.2) is 5.82 Å². The van der Waals surface area contributed by atoms with Crippen molar-refractivity contribution in [2.75, 3.05) is 5.73 Å². The van der Waals surface area contributed by atoms with Gasteiger partial charge in [0.2, 0.25) is 0 Å². The minimum atomic E-state index is 0.834. The first-order valence-corrected chi connectivity index (χ1v) is 7.00. The molecule has 102 valence electrons. The molecule has 0 bridgehead atoms. The van der Waals surface area contributed by atoms with E-state index in [0.29, 0.717) is 0 Å². The molecular weight excluding hydrogens is 236 g/mol. The second kappa shape index (κ2) is 6.36. The quantitative estimate of drug-likeness (QED) is 0.810. The third kappa shape index (κ3) is 3.56. The van der Waals surface area contributed by atoms with E-state index in [1.165, 1.54) is 5.56 Å². The first-order valence-electron chi connectivity index (χ1n) is 7.00. The number of nitrogens with zero attached hydrogens (tertiary/aromatic N) is 3. The summed E-state index contributed by atoms with van der Waals surface area (Å²) in [7, 11) is 0. The summed E-state index contributed by atoms with van der Waals surface area (Å²) in [5, 5.41) is 4.53. The summed E-state index contributed by atoms with van der Waals surface area (Å²) >= 11 is 0. The molecule has 0 aliphatic carbocycles. The van der Waals surface area contributed by atoms with Crippen molar-refractivity contribution in [3.05, 3.63) is 41.5 Å². The molecule has 0 unspecified atom stereocenters. The van der Waals surface area contributed by atoms with Crippen LogP contribution in [0.25, 0.3) is 0 Å². The third-order valence-electron chi connectivity index (χ3n) is 3.21. The maximum atomic E-state index is 5.78. The van der Waals surface area contributed by atoms with Gasteiger partial charge in [-0.2, -0.15) is 5.10 Å². The minimum Gasteiger partial charge on any atom is -0.399 e. The molecule has 0 saturated heterocycles. The van der Waals surface area contributed by atoms with Crippen LogP contribution in [0.5, 0.6) is 0 Å². The number of rotatable bonds is 6. The lowest BCUT2D eigenvalue weighted by Gasteiger charge is -2.05. The Morgan fingerprint density at radius 3 is 2.74 bits per heavy atom. The van der Waals surface area contributed by atoms with E-state index in [0.717, 1.165) is 49.6 Å². The van der Waals surface area contributed by atoms with Crippen LogP contribution in [-0.4, -0.2) is 14.8 Å². The molecule has 0 fully saturated rings. The Morgan fingerprint density at radius 2 is 2.05 bits per heavy atom. The molecule has 0 aliphatic rings. The summed E-state index contributed by atoms with van der Waals surface area (Å²) in [5.41, 5.74) is 7.90. The predicted octanol–water partition coefficient (Wildman–Crippen LogP) is 2.62. The topological polar surface area (TPSA) is 56.7 Å². The maximum Gasteiger partial charge on any atom is 0.150 e. The molecule has 2 aromatic rings. The highest BCUT2D eigenvalue weighted by Gasteiger charge is 2.06.